The fraction of sp³-hybridized carbons (Fsp3) is 0.682. The van der Waals surface area contributed by atoms with E-state index in [1.807, 2.05) is 45.0 Å². The highest BCUT2D eigenvalue weighted by Crippen LogP contribution is 2.37. The lowest BCUT2D eigenvalue weighted by Gasteiger charge is -2.37. The van der Waals surface area contributed by atoms with Crippen molar-refractivity contribution in [3.05, 3.63) is 35.4 Å². The van der Waals surface area contributed by atoms with Gasteiger partial charge in [-0.1, -0.05) is 45.0 Å². The first kappa shape index (κ1) is 26.2. The van der Waals surface area contributed by atoms with Crippen molar-refractivity contribution in [3.63, 3.8) is 0 Å². The van der Waals surface area contributed by atoms with E-state index in [-0.39, 0.29) is 28.2 Å². The summed E-state index contributed by atoms with van der Waals surface area (Å²) in [5.41, 5.74) is 1.89. The van der Waals surface area contributed by atoms with Crippen molar-refractivity contribution in [2.75, 3.05) is 13.2 Å². The summed E-state index contributed by atoms with van der Waals surface area (Å²) < 4.78 is 27.1. The summed E-state index contributed by atoms with van der Waals surface area (Å²) in [6.45, 7) is 19.5. The molecule has 0 aromatic heterocycles. The van der Waals surface area contributed by atoms with E-state index in [0.717, 1.165) is 11.1 Å². The van der Waals surface area contributed by atoms with E-state index in [1.165, 1.54) is 0 Å². The standard InChI is InChI=1S/C22H39NO4SSi/c1-10-26-20(24)15-17-11-13-18(14-12-17)19(23-28(25)21(2,3)4)16-27-29(8,9)22(5,6)7/h11-14,19,23H,10,15-16H2,1-9H3/t19?,28-/m0/s1. The van der Waals surface area contributed by atoms with Crippen LogP contribution in [0, 0.1) is 0 Å². The minimum absolute atomic E-state index is 0.101. The highest BCUT2D eigenvalue weighted by molar-refractivity contribution is 7.90. The molecule has 0 aliphatic heterocycles. The van der Waals surface area contributed by atoms with Crippen LogP contribution >= 0.6 is 0 Å². The Hall–Kier alpha value is -0.863. The highest BCUT2D eigenvalue weighted by Gasteiger charge is 2.38. The summed E-state index contributed by atoms with van der Waals surface area (Å²) in [4.78, 5) is 11.7. The second kappa shape index (κ2) is 10.4. The Balaban J connectivity index is 3.00. The molecule has 7 heteroatoms. The first-order chi connectivity index (χ1) is 13.2. The van der Waals surface area contributed by atoms with Crippen molar-refractivity contribution >= 4 is 25.6 Å². The normalized spacial score (nSPS) is 15.1. The predicted molar refractivity (Wildman–Crippen MR) is 124 cm³/mol. The molecule has 2 atom stereocenters. The van der Waals surface area contributed by atoms with Crippen molar-refractivity contribution < 1.29 is 18.5 Å². The third-order valence-corrected chi connectivity index (χ3v) is 11.4. The molecule has 1 N–H and O–H groups in total. The van der Waals surface area contributed by atoms with Gasteiger partial charge < -0.3 is 13.7 Å². The Kier molecular flexibility index (Phi) is 9.42. The molecule has 0 saturated heterocycles. The molecule has 1 unspecified atom stereocenters. The molecule has 0 aliphatic carbocycles. The van der Waals surface area contributed by atoms with Crippen LogP contribution in [0.3, 0.4) is 0 Å². The van der Waals surface area contributed by atoms with Crippen LogP contribution in [0.15, 0.2) is 24.3 Å². The van der Waals surface area contributed by atoms with Gasteiger partial charge in [0.25, 0.3) is 0 Å². The summed E-state index contributed by atoms with van der Waals surface area (Å²) in [7, 11) is -1.94. The lowest BCUT2D eigenvalue weighted by atomic mass is 10.0. The second-order valence-electron chi connectivity index (χ2n) is 9.85. The molecule has 1 aromatic rings. The predicted octanol–water partition coefficient (Wildman–Crippen LogP) is 4.91. The number of nitrogens with one attached hydrogen (secondary N) is 1. The van der Waals surface area contributed by atoms with Crippen LogP contribution in [-0.4, -0.2) is 36.8 Å². The van der Waals surface area contributed by atoms with E-state index in [2.05, 4.69) is 38.6 Å². The molecule has 0 aliphatic rings. The number of hydrogen-bond donors (Lipinski definition) is 1. The Labute approximate surface area is 181 Å². The number of esters is 1. The summed E-state index contributed by atoms with van der Waals surface area (Å²) in [5, 5.41) is 0.101. The van der Waals surface area contributed by atoms with Crippen LogP contribution in [0.5, 0.6) is 0 Å². The van der Waals surface area contributed by atoms with Crippen LogP contribution in [0.1, 0.15) is 65.6 Å². The fourth-order valence-electron chi connectivity index (χ4n) is 2.26. The van der Waals surface area contributed by atoms with Crippen LogP contribution in [0.4, 0.5) is 0 Å². The number of carbonyl (C=O) groups is 1. The third kappa shape index (κ3) is 8.42. The summed E-state index contributed by atoms with van der Waals surface area (Å²) in [6.07, 6.45) is 0.251. The first-order valence-electron chi connectivity index (χ1n) is 10.2. The van der Waals surface area contributed by atoms with Crippen molar-refractivity contribution in [2.45, 2.75) is 83.8 Å². The monoisotopic (exact) mass is 441 g/mol. The molecule has 0 heterocycles. The van der Waals surface area contributed by atoms with Crippen molar-refractivity contribution in [1.29, 1.82) is 0 Å². The number of benzene rings is 1. The molecular weight excluding hydrogens is 402 g/mol. The molecule has 0 amide bonds. The van der Waals surface area contributed by atoms with Gasteiger partial charge in [-0.2, -0.15) is 0 Å². The van der Waals surface area contributed by atoms with Gasteiger partial charge in [0.15, 0.2) is 8.32 Å². The Bertz CT molecular complexity index is 650. The lowest BCUT2D eigenvalue weighted by Crippen LogP contribution is -2.46. The van der Waals surface area contributed by atoms with E-state index < -0.39 is 19.7 Å². The zero-order valence-electron chi connectivity index (χ0n) is 19.5. The molecule has 0 saturated carbocycles. The van der Waals surface area contributed by atoms with Crippen LogP contribution < -0.4 is 4.72 Å². The number of ether oxygens (including phenoxy) is 1. The van der Waals surface area contributed by atoms with Gasteiger partial charge in [-0.3, -0.25) is 4.79 Å². The summed E-state index contributed by atoms with van der Waals surface area (Å²) in [5.74, 6) is -0.231. The smallest absolute Gasteiger partial charge is 0.310 e. The van der Waals surface area contributed by atoms with Gasteiger partial charge in [-0.15, -0.1) is 4.72 Å². The van der Waals surface area contributed by atoms with Gasteiger partial charge in [0.2, 0.25) is 0 Å². The van der Waals surface area contributed by atoms with E-state index in [4.69, 9.17) is 9.16 Å². The van der Waals surface area contributed by atoms with Gasteiger partial charge >= 0.3 is 5.97 Å². The highest BCUT2D eigenvalue weighted by atomic mass is 32.2. The maximum atomic E-state index is 12.7. The van der Waals surface area contributed by atoms with E-state index >= 15 is 0 Å². The van der Waals surface area contributed by atoms with Crippen molar-refractivity contribution in [1.82, 2.24) is 4.72 Å². The Morgan fingerprint density at radius 3 is 2.14 bits per heavy atom. The molecule has 0 fully saturated rings. The molecule has 1 aromatic carbocycles. The molecule has 29 heavy (non-hydrogen) atoms. The zero-order chi connectivity index (χ0) is 22.5. The van der Waals surface area contributed by atoms with Gasteiger partial charge in [0.05, 0.1) is 25.7 Å². The van der Waals surface area contributed by atoms with Crippen LogP contribution in [0.25, 0.3) is 0 Å². The second-order valence-corrected chi connectivity index (χ2v) is 16.7. The first-order valence-corrected chi connectivity index (χ1v) is 14.3. The molecule has 166 valence electrons. The molecule has 1 rings (SSSR count). The number of carbonyl (C=O) groups excluding carboxylic acids is 1. The Morgan fingerprint density at radius 2 is 1.69 bits per heavy atom. The van der Waals surface area contributed by atoms with Gasteiger partial charge in [0, 0.05) is 11.4 Å². The minimum atomic E-state index is -1.94. The van der Waals surface area contributed by atoms with Crippen molar-refractivity contribution in [3.8, 4) is 0 Å². The zero-order valence-corrected chi connectivity index (χ0v) is 21.4. The minimum Gasteiger partial charge on any atom is -0.598 e. The van der Waals surface area contributed by atoms with Gasteiger partial charge in [-0.25, -0.2) is 0 Å². The van der Waals surface area contributed by atoms with Gasteiger partial charge in [-0.05, 0) is 57.0 Å². The van der Waals surface area contributed by atoms with Crippen LogP contribution in [-0.2, 0) is 31.7 Å². The van der Waals surface area contributed by atoms with E-state index in [0.29, 0.717) is 13.2 Å². The molecule has 0 spiro atoms. The summed E-state index contributed by atoms with van der Waals surface area (Å²) >= 11 is -1.22. The quantitative estimate of drug-likeness (QED) is 0.335. The molecule has 0 bridgehead atoms. The lowest BCUT2D eigenvalue weighted by molar-refractivity contribution is -0.142. The maximum Gasteiger partial charge on any atom is 0.310 e. The topological polar surface area (TPSA) is 70.6 Å². The number of rotatable bonds is 9. The van der Waals surface area contributed by atoms with E-state index in [1.54, 1.807) is 6.92 Å². The fourth-order valence-corrected chi connectivity index (χ4v) is 4.09. The SMILES string of the molecule is CCOC(=O)Cc1ccc(C(CO[Si](C)(C)C(C)(C)C)N[S@@+]([O-])C(C)(C)C)cc1. The molecule has 0 radical (unpaired) electrons. The average molecular weight is 442 g/mol. The largest absolute Gasteiger partial charge is 0.598 e. The van der Waals surface area contributed by atoms with E-state index in [9.17, 15) is 9.35 Å². The van der Waals surface area contributed by atoms with Gasteiger partial charge in [0.1, 0.15) is 4.75 Å². The van der Waals surface area contributed by atoms with Crippen LogP contribution in [0.2, 0.25) is 18.1 Å². The maximum absolute atomic E-state index is 12.7. The molecular formula is C22H39NO4SSi. The molecule has 5 nitrogen and oxygen atoms in total. The Morgan fingerprint density at radius 1 is 1.14 bits per heavy atom. The summed E-state index contributed by atoms with van der Waals surface area (Å²) in [6, 6.07) is 7.60. The van der Waals surface area contributed by atoms with Crippen molar-refractivity contribution in [2.24, 2.45) is 0 Å². The third-order valence-electron chi connectivity index (χ3n) is 5.26. The number of hydrogen-bond acceptors (Lipinski definition) is 5. The average Bonchev–Trinajstić information content (AvgIpc) is 2.57.